The summed E-state index contributed by atoms with van der Waals surface area (Å²) in [4.78, 5) is 8.53. The van der Waals surface area contributed by atoms with Crippen LogP contribution in [0.4, 0.5) is 5.69 Å². The van der Waals surface area contributed by atoms with Crippen molar-refractivity contribution < 1.29 is 4.63 Å². The Bertz CT molecular complexity index is 832. The van der Waals surface area contributed by atoms with Crippen LogP contribution in [-0.4, -0.2) is 20.3 Å². The molecule has 0 unspecified atom stereocenters. The van der Waals surface area contributed by atoms with Gasteiger partial charge in [-0.05, 0) is 29.4 Å². The lowest BCUT2D eigenvalue weighted by Gasteiger charge is -2.08. The Morgan fingerprint density at radius 3 is 2.95 bits per heavy atom. The molecule has 7 nitrogen and oxygen atoms in total. The Hall–Kier alpha value is -3.01. The lowest BCUT2D eigenvalue weighted by atomic mass is 10.1. The molecule has 0 aliphatic rings. The van der Waals surface area contributed by atoms with Crippen LogP contribution in [0.25, 0.3) is 11.2 Å². The molecule has 0 saturated carbocycles. The van der Waals surface area contributed by atoms with Crippen molar-refractivity contribution in [2.45, 2.75) is 13.3 Å². The van der Waals surface area contributed by atoms with E-state index in [0.717, 1.165) is 17.0 Å². The number of aryl methyl sites for hydroxylation is 1. The van der Waals surface area contributed by atoms with Gasteiger partial charge in [0.15, 0.2) is 5.52 Å². The lowest BCUT2D eigenvalue weighted by molar-refractivity contribution is 0.315. The van der Waals surface area contributed by atoms with Crippen molar-refractivity contribution in [1.29, 1.82) is 5.26 Å². The first-order valence-electron chi connectivity index (χ1n) is 5.92. The number of nitrogen functional groups attached to an aromatic ring is 1. The van der Waals surface area contributed by atoms with Gasteiger partial charge < -0.3 is 5.73 Å². The zero-order chi connectivity index (χ0) is 14.1. The fourth-order valence-electron chi connectivity index (χ4n) is 2.04. The van der Waals surface area contributed by atoms with Crippen LogP contribution in [-0.2, 0) is 6.42 Å². The van der Waals surface area contributed by atoms with E-state index in [1.165, 1.54) is 0 Å². The second kappa shape index (κ2) is 4.59. The van der Waals surface area contributed by atoms with E-state index in [1.807, 2.05) is 19.1 Å². The molecule has 0 bridgehead atoms. The molecule has 3 aromatic rings. The van der Waals surface area contributed by atoms with Crippen LogP contribution in [0, 0.1) is 18.3 Å². The fourth-order valence-corrected chi connectivity index (χ4v) is 2.04. The minimum absolute atomic E-state index is 0.371. The second-order valence-corrected chi connectivity index (χ2v) is 4.33. The van der Waals surface area contributed by atoms with Gasteiger partial charge in [0, 0.05) is 23.4 Å². The van der Waals surface area contributed by atoms with E-state index in [1.54, 1.807) is 12.1 Å². The van der Waals surface area contributed by atoms with E-state index in [4.69, 9.17) is 11.0 Å². The van der Waals surface area contributed by atoms with Gasteiger partial charge in [0.05, 0.1) is 5.69 Å². The number of nitrogens with zero attached hydrogens (tertiary/aromatic N) is 5. The summed E-state index contributed by atoms with van der Waals surface area (Å²) in [6.07, 6.45) is 0.475. The standard InChI is InChI=1S/C13H10N6O/c1-7-10(5-8-3-2-4-9(6-14)17-8)11(15)12-13(16-7)19-20-18-12/h2-4H,5,15H2,1H3. The van der Waals surface area contributed by atoms with Crippen LogP contribution in [0.5, 0.6) is 0 Å². The number of hydrogen-bond acceptors (Lipinski definition) is 7. The molecule has 3 heterocycles. The molecule has 0 atom stereocenters. The molecule has 0 aromatic carbocycles. The maximum absolute atomic E-state index is 8.87. The van der Waals surface area contributed by atoms with Gasteiger partial charge >= 0.3 is 0 Å². The normalized spacial score (nSPS) is 10.6. The summed E-state index contributed by atoms with van der Waals surface area (Å²) in [5.74, 6) is 0. The van der Waals surface area contributed by atoms with Crippen molar-refractivity contribution in [2.75, 3.05) is 5.73 Å². The maximum atomic E-state index is 8.87. The molecule has 20 heavy (non-hydrogen) atoms. The number of nitriles is 1. The van der Waals surface area contributed by atoms with E-state index in [9.17, 15) is 0 Å². The van der Waals surface area contributed by atoms with Crippen LogP contribution < -0.4 is 5.73 Å². The highest BCUT2D eigenvalue weighted by Crippen LogP contribution is 2.25. The summed E-state index contributed by atoms with van der Waals surface area (Å²) in [5, 5.41) is 16.3. The summed E-state index contributed by atoms with van der Waals surface area (Å²) in [6.45, 7) is 1.84. The molecule has 0 fully saturated rings. The van der Waals surface area contributed by atoms with Crippen molar-refractivity contribution >= 4 is 16.9 Å². The monoisotopic (exact) mass is 266 g/mol. The van der Waals surface area contributed by atoms with Crippen LogP contribution in [0.15, 0.2) is 22.8 Å². The van der Waals surface area contributed by atoms with E-state index in [0.29, 0.717) is 29.0 Å². The molecule has 0 aliphatic carbocycles. The number of anilines is 1. The summed E-state index contributed by atoms with van der Waals surface area (Å²) in [5.41, 5.74) is 10.1. The molecule has 3 aromatic heterocycles. The highest BCUT2D eigenvalue weighted by atomic mass is 16.6. The number of hydrogen-bond donors (Lipinski definition) is 1. The summed E-state index contributed by atoms with van der Waals surface area (Å²) >= 11 is 0. The minimum atomic E-state index is 0.371. The van der Waals surface area contributed by atoms with Gasteiger partial charge in [0.25, 0.3) is 0 Å². The topological polar surface area (TPSA) is 115 Å². The molecule has 0 amide bonds. The average Bonchev–Trinajstić information content (AvgIpc) is 2.92. The molecule has 3 rings (SSSR count). The predicted molar refractivity (Wildman–Crippen MR) is 70.5 cm³/mol. The lowest BCUT2D eigenvalue weighted by Crippen LogP contribution is -2.04. The van der Waals surface area contributed by atoms with Crippen molar-refractivity contribution in [3.63, 3.8) is 0 Å². The number of aromatic nitrogens is 4. The van der Waals surface area contributed by atoms with Gasteiger partial charge in [-0.15, -0.1) is 0 Å². The van der Waals surface area contributed by atoms with Crippen LogP contribution in [0.2, 0.25) is 0 Å². The maximum Gasteiger partial charge on any atom is 0.226 e. The Morgan fingerprint density at radius 2 is 2.15 bits per heavy atom. The molecule has 0 aliphatic heterocycles. The SMILES string of the molecule is Cc1nc2nonc2c(N)c1Cc1cccc(C#N)n1. The van der Waals surface area contributed by atoms with Gasteiger partial charge in [-0.1, -0.05) is 6.07 Å². The Labute approximate surface area is 114 Å². The zero-order valence-corrected chi connectivity index (χ0v) is 10.7. The van der Waals surface area contributed by atoms with Gasteiger partial charge in [-0.25, -0.2) is 14.6 Å². The smallest absolute Gasteiger partial charge is 0.226 e. The first-order valence-corrected chi connectivity index (χ1v) is 5.92. The molecule has 98 valence electrons. The van der Waals surface area contributed by atoms with Crippen molar-refractivity contribution in [2.24, 2.45) is 0 Å². The average molecular weight is 266 g/mol. The summed E-state index contributed by atoms with van der Waals surface area (Å²) in [7, 11) is 0. The van der Waals surface area contributed by atoms with Crippen molar-refractivity contribution in [3.8, 4) is 6.07 Å². The van der Waals surface area contributed by atoms with E-state index in [-0.39, 0.29) is 0 Å². The zero-order valence-electron chi connectivity index (χ0n) is 10.7. The number of fused-ring (bicyclic) bond motifs is 1. The molecule has 0 spiro atoms. The number of rotatable bonds is 2. The first kappa shape index (κ1) is 12.0. The largest absolute Gasteiger partial charge is 0.396 e. The molecule has 0 saturated heterocycles. The van der Waals surface area contributed by atoms with E-state index in [2.05, 4.69) is 24.9 Å². The van der Waals surface area contributed by atoms with E-state index >= 15 is 0 Å². The van der Waals surface area contributed by atoms with Gasteiger partial charge in [0.2, 0.25) is 5.65 Å². The summed E-state index contributed by atoms with van der Waals surface area (Å²) in [6, 6.07) is 7.29. The molecular weight excluding hydrogens is 256 g/mol. The number of pyridine rings is 2. The highest BCUT2D eigenvalue weighted by Gasteiger charge is 2.15. The Kier molecular flexibility index (Phi) is 2.76. The first-order chi connectivity index (χ1) is 9.69. The molecule has 7 heteroatoms. The van der Waals surface area contributed by atoms with Crippen LogP contribution >= 0.6 is 0 Å². The van der Waals surface area contributed by atoms with Crippen molar-refractivity contribution in [3.05, 3.63) is 40.8 Å². The second-order valence-electron chi connectivity index (χ2n) is 4.33. The Balaban J connectivity index is 2.08. The third-order valence-corrected chi connectivity index (χ3v) is 3.04. The van der Waals surface area contributed by atoms with Crippen LogP contribution in [0.3, 0.4) is 0 Å². The molecular formula is C13H10N6O. The third-order valence-electron chi connectivity index (χ3n) is 3.04. The molecule has 0 radical (unpaired) electrons. The van der Waals surface area contributed by atoms with Crippen LogP contribution in [0.1, 0.15) is 22.6 Å². The van der Waals surface area contributed by atoms with Gasteiger partial charge in [-0.2, -0.15) is 5.26 Å². The van der Waals surface area contributed by atoms with E-state index < -0.39 is 0 Å². The quantitative estimate of drug-likeness (QED) is 0.744. The molecule has 2 N–H and O–H groups in total. The fraction of sp³-hybridized carbons (Fsp3) is 0.154. The minimum Gasteiger partial charge on any atom is -0.396 e. The van der Waals surface area contributed by atoms with Gasteiger partial charge in [0.1, 0.15) is 11.8 Å². The van der Waals surface area contributed by atoms with Gasteiger partial charge in [-0.3, -0.25) is 0 Å². The summed E-state index contributed by atoms with van der Waals surface area (Å²) < 4.78 is 4.64. The van der Waals surface area contributed by atoms with Crippen molar-refractivity contribution in [1.82, 2.24) is 20.3 Å². The third kappa shape index (κ3) is 1.93. The predicted octanol–water partition coefficient (Wildman–Crippen LogP) is 1.37. The number of nitrogens with two attached hydrogens (primary N) is 1. The Morgan fingerprint density at radius 1 is 1.30 bits per heavy atom. The highest BCUT2D eigenvalue weighted by molar-refractivity contribution is 5.85.